The number of carbonyl (C=O) groups excluding carboxylic acids is 1. The van der Waals surface area contributed by atoms with Gasteiger partial charge in [-0.3, -0.25) is 4.79 Å². The maximum absolute atomic E-state index is 14.9. The maximum Gasteiger partial charge on any atom is 0.314 e. The molecule has 9 rings (SSSR count). The van der Waals surface area contributed by atoms with Crippen LogP contribution in [0.1, 0.15) is 71.6 Å². The number of aliphatic hydroxyl groups is 16. The van der Waals surface area contributed by atoms with E-state index >= 15 is 0 Å². The third-order valence-electron chi connectivity index (χ3n) is 20.3. The summed E-state index contributed by atoms with van der Waals surface area (Å²) >= 11 is 0. The molecule has 5 saturated heterocycles. The first-order valence-corrected chi connectivity index (χ1v) is 28.5. The third kappa shape index (κ3) is 12.9. The van der Waals surface area contributed by atoms with Crippen molar-refractivity contribution in [3.05, 3.63) is 26.7 Å². The minimum absolute atomic E-state index is 0. The molecule has 0 aromatic carbocycles. The zero-order valence-corrected chi connectivity index (χ0v) is 50.5. The molecule has 0 aromatic rings. The van der Waals surface area contributed by atoms with Crippen LogP contribution in [0.2, 0.25) is 0 Å². The number of fused-ring (bicyclic) bond motifs is 3. The molecule has 4 aliphatic carbocycles. The van der Waals surface area contributed by atoms with Crippen LogP contribution in [0.3, 0.4) is 0 Å². The third-order valence-corrected chi connectivity index (χ3v) is 20.3. The first kappa shape index (κ1) is 70.7. The van der Waals surface area contributed by atoms with Gasteiger partial charge in [0, 0.05) is 45.2 Å². The summed E-state index contributed by atoms with van der Waals surface area (Å²) in [5.74, 6) is -2.07. The van der Waals surface area contributed by atoms with E-state index in [-0.39, 0.29) is 70.6 Å². The van der Waals surface area contributed by atoms with Crippen LogP contribution in [0.5, 0.6) is 0 Å². The van der Waals surface area contributed by atoms with Gasteiger partial charge in [-0.05, 0) is 86.5 Å². The van der Waals surface area contributed by atoms with Crippen molar-refractivity contribution in [3.63, 3.8) is 0 Å². The van der Waals surface area contributed by atoms with Gasteiger partial charge in [0.15, 0.2) is 18.7 Å². The van der Waals surface area contributed by atoms with Crippen LogP contribution < -0.4 is 0 Å². The molecule has 2 bridgehead atoms. The van der Waals surface area contributed by atoms with Crippen LogP contribution in [0.25, 0.3) is 0 Å². The fourth-order valence-electron chi connectivity index (χ4n) is 15.8. The summed E-state index contributed by atoms with van der Waals surface area (Å²) in [5.41, 5.74) is -2.08. The standard InChI is InChI=1S/C54H87O28.CH3.Y/c1-22-12-53-10-6-31-51(2,8-5-9-52(31,3)50(71)82-49-46(42(68)36(62)27(16-58)79-49)81-48-44(70)41(67)35(61)26(15-57)78-48)32(53)7-11-54(22,21-53)74-20-30-45(80-47-43(69)40(66)34(60)25(14-56)77-47)23(33(59)24(13-55)75-30)17-73-19-29-38(64)39(65)37(63)28(76-29)18-72-4;;/h23-49,55-70H,1,4-21H2,2-3H3;1H3;/q2*-1;/t23-,24?,25?,26?,27?,28?,29+,30+,31?,32+,33+,34-,35-,36-,37-,38?,39-,40-,41-,42-,43?,44?,45?,46?,47+,48+,49+,51-,52-,53-,54+;;/m1../s1. The minimum Gasteiger partial charge on any atom is -0.553 e. The molecule has 9 fully saturated rings. The molecule has 31 atom stereocenters. The van der Waals surface area contributed by atoms with Crippen LogP contribution in [0, 0.1) is 48.5 Å². The quantitative estimate of drug-likeness (QED) is 0.0326. The van der Waals surface area contributed by atoms with Gasteiger partial charge >= 0.3 is 5.97 Å². The molecule has 28 nitrogen and oxygen atoms in total. The number of ether oxygens (including phenoxy) is 11. The zero-order chi connectivity index (χ0) is 59.5. The molecule has 4 saturated carbocycles. The van der Waals surface area contributed by atoms with Gasteiger partial charge in [-0.15, -0.1) is 0 Å². The first-order valence-electron chi connectivity index (χ1n) is 28.5. The fourth-order valence-corrected chi connectivity index (χ4v) is 15.8. The number of hydrogen-bond acceptors (Lipinski definition) is 28. The Morgan fingerprint density at radius 1 is 0.548 bits per heavy atom. The number of rotatable bonds is 19. The molecule has 84 heavy (non-hydrogen) atoms. The molecule has 0 amide bonds. The second-order valence-electron chi connectivity index (χ2n) is 24.9. The van der Waals surface area contributed by atoms with E-state index in [1.165, 1.54) is 0 Å². The first-order chi connectivity index (χ1) is 38.9. The van der Waals surface area contributed by atoms with Crippen molar-refractivity contribution in [3.8, 4) is 0 Å². The van der Waals surface area contributed by atoms with E-state index in [4.69, 9.17) is 52.1 Å². The Morgan fingerprint density at radius 2 is 1.04 bits per heavy atom. The summed E-state index contributed by atoms with van der Waals surface area (Å²) in [7, 11) is 3.28. The Morgan fingerprint density at radius 3 is 1.61 bits per heavy atom. The van der Waals surface area contributed by atoms with Gasteiger partial charge in [0.05, 0.1) is 69.5 Å². The summed E-state index contributed by atoms with van der Waals surface area (Å²) in [6.07, 6.45) is -33.0. The Labute approximate surface area is 512 Å². The van der Waals surface area contributed by atoms with Crippen LogP contribution in [-0.4, -0.2) is 293 Å². The van der Waals surface area contributed by atoms with Crippen LogP contribution in [0.4, 0.5) is 0 Å². The molecule has 16 N–H and O–H groups in total. The van der Waals surface area contributed by atoms with Crippen LogP contribution in [-0.2, 0) is 89.6 Å². The molecule has 11 unspecified atom stereocenters. The molecular weight excluding hydrogens is 1200 g/mol. The summed E-state index contributed by atoms with van der Waals surface area (Å²) < 4.78 is 65.5. The van der Waals surface area contributed by atoms with E-state index in [1.54, 1.807) is 0 Å². The SMILES string of the molecule is C=C1C[C@@]23CCC4[C@](C)(C(=O)O[C@@H]5OC(CO)[C@@H](O)[C@@H](O)C5O[C@@H]5OC(CO)[C@@H](O)[C@@H](O)C5O)CCC[C@@]4(C)[C@@H]2CC[C@]1(OC[C@@H]1OC(CO)[C@@H](O)[C@@H](COC[C@@H]2OC(CO[CH2-])[C@@H](O)[C@@H](O)C2O)C1O[C@@H]1OC(CO)[C@@H](O)[C@@H](O)C1O)C3.[CH3-].[Y]. The van der Waals surface area contributed by atoms with E-state index in [0.717, 1.165) is 12.0 Å². The molecule has 0 aromatic heterocycles. The van der Waals surface area contributed by atoms with Crippen molar-refractivity contribution in [1.29, 1.82) is 0 Å². The molecule has 5 heterocycles. The average molecular weight is 1290 g/mol. The van der Waals surface area contributed by atoms with E-state index in [9.17, 15) is 86.5 Å². The molecule has 1 radical (unpaired) electrons. The van der Waals surface area contributed by atoms with Crippen molar-refractivity contribution < 1.29 is 171 Å². The Bertz CT molecular complexity index is 2150. The minimum atomic E-state index is -1.91. The molecule has 483 valence electrons. The van der Waals surface area contributed by atoms with Gasteiger partial charge in [0.2, 0.25) is 6.29 Å². The largest absolute Gasteiger partial charge is 0.553 e. The normalized spacial score (nSPS) is 51.2. The van der Waals surface area contributed by atoms with Gasteiger partial charge < -0.3 is 141 Å². The second kappa shape index (κ2) is 28.4. The van der Waals surface area contributed by atoms with Gasteiger partial charge in [-0.2, -0.15) is 0 Å². The van der Waals surface area contributed by atoms with E-state index in [1.807, 2.05) is 6.92 Å². The topological polar surface area (TPSA) is 442 Å². The van der Waals surface area contributed by atoms with Crippen molar-refractivity contribution in [1.82, 2.24) is 0 Å². The van der Waals surface area contributed by atoms with E-state index in [0.29, 0.717) is 51.4 Å². The molecule has 9 aliphatic rings. The number of hydrogen-bond donors (Lipinski definition) is 16. The summed E-state index contributed by atoms with van der Waals surface area (Å²) in [4.78, 5) is 14.9. The number of carbonyl (C=O) groups is 1. The predicted molar refractivity (Wildman–Crippen MR) is 277 cm³/mol. The zero-order valence-electron chi connectivity index (χ0n) is 47.7. The summed E-state index contributed by atoms with van der Waals surface area (Å²) in [6.45, 7) is 4.28. The Kier molecular flexibility index (Phi) is 23.9. The number of esters is 1. The second-order valence-corrected chi connectivity index (χ2v) is 24.9. The summed E-state index contributed by atoms with van der Waals surface area (Å²) in [6, 6.07) is 0. The van der Waals surface area contributed by atoms with Crippen LogP contribution >= 0.6 is 0 Å². The number of aliphatic hydroxyl groups excluding tert-OH is 16. The van der Waals surface area contributed by atoms with Crippen LogP contribution in [0.15, 0.2) is 12.2 Å². The van der Waals surface area contributed by atoms with Gasteiger partial charge in [-0.25, -0.2) is 7.11 Å². The average Bonchev–Trinajstić information content (AvgIpc) is 1.40. The van der Waals surface area contributed by atoms with E-state index in [2.05, 4.69) is 20.6 Å². The van der Waals surface area contributed by atoms with Crippen molar-refractivity contribution >= 4 is 5.97 Å². The maximum atomic E-state index is 14.9. The van der Waals surface area contributed by atoms with Crippen molar-refractivity contribution in [2.24, 2.45) is 34.0 Å². The van der Waals surface area contributed by atoms with Gasteiger partial charge in [-0.1, -0.05) is 19.9 Å². The molecule has 29 heteroatoms. The van der Waals surface area contributed by atoms with Crippen molar-refractivity contribution in [2.75, 3.05) is 52.9 Å². The Balaban J connectivity index is 0.00000506. The molecule has 1 spiro atoms. The van der Waals surface area contributed by atoms with Crippen molar-refractivity contribution in [2.45, 2.75) is 224 Å². The van der Waals surface area contributed by atoms with Gasteiger partial charge in [0.1, 0.15) is 110 Å². The predicted octanol–water partition coefficient (Wildman–Crippen LogP) is -5.69. The Hall–Kier alpha value is -0.726. The fraction of sp³-hybridized carbons (Fsp3) is 0.909. The van der Waals surface area contributed by atoms with E-state index < -0.39 is 215 Å². The summed E-state index contributed by atoms with van der Waals surface area (Å²) in [5, 5.41) is 171. The monoisotopic (exact) mass is 1290 g/mol. The smallest absolute Gasteiger partial charge is 0.314 e. The molecular formula is C55H90O28Y-2. The van der Waals surface area contributed by atoms with Gasteiger partial charge in [0.25, 0.3) is 0 Å². The molecule has 5 aliphatic heterocycles.